The van der Waals surface area contributed by atoms with Crippen LogP contribution in [-0.2, 0) is 16.3 Å². The lowest BCUT2D eigenvalue weighted by molar-refractivity contribution is 0.337. The highest BCUT2D eigenvalue weighted by molar-refractivity contribution is 9.09. The second-order valence-corrected chi connectivity index (χ2v) is 9.04. The van der Waals surface area contributed by atoms with Crippen molar-refractivity contribution in [2.75, 3.05) is 11.5 Å². The summed E-state index contributed by atoms with van der Waals surface area (Å²) in [5.74, 6) is 1.57. The molecule has 3 rings (SSSR count). The maximum absolute atomic E-state index is 11.7. The zero-order valence-electron chi connectivity index (χ0n) is 10.9. The minimum absolute atomic E-state index is 0.310. The van der Waals surface area contributed by atoms with Gasteiger partial charge in [-0.2, -0.15) is 0 Å². The van der Waals surface area contributed by atoms with Crippen LogP contribution in [0, 0.1) is 11.8 Å². The van der Waals surface area contributed by atoms with Gasteiger partial charge in [0.2, 0.25) is 0 Å². The number of alkyl halides is 1. The molecule has 104 valence electrons. The number of hydrogen-bond donors (Lipinski definition) is 0. The van der Waals surface area contributed by atoms with E-state index in [-0.39, 0.29) is 0 Å². The summed E-state index contributed by atoms with van der Waals surface area (Å²) < 4.78 is 23.4. The first-order valence-electron chi connectivity index (χ1n) is 6.99. The Balaban J connectivity index is 1.88. The highest BCUT2D eigenvalue weighted by Crippen LogP contribution is 2.45. The Morgan fingerprint density at radius 2 is 1.95 bits per heavy atom. The summed E-state index contributed by atoms with van der Waals surface area (Å²) in [6.45, 7) is 0. The van der Waals surface area contributed by atoms with Gasteiger partial charge in [-0.3, -0.25) is 0 Å². The minimum Gasteiger partial charge on any atom is -0.229 e. The summed E-state index contributed by atoms with van der Waals surface area (Å²) in [6.07, 6.45) is 4.26. The smallest absolute Gasteiger partial charge is 0.150 e. The normalized spacial score (nSPS) is 33.6. The van der Waals surface area contributed by atoms with E-state index < -0.39 is 9.84 Å². The van der Waals surface area contributed by atoms with Crippen molar-refractivity contribution < 1.29 is 8.42 Å². The van der Waals surface area contributed by atoms with Crippen LogP contribution in [-0.4, -0.2) is 19.9 Å². The van der Waals surface area contributed by atoms with Crippen LogP contribution >= 0.6 is 15.9 Å². The van der Waals surface area contributed by atoms with Crippen molar-refractivity contribution in [1.29, 1.82) is 0 Å². The maximum atomic E-state index is 11.7. The van der Waals surface area contributed by atoms with E-state index in [4.69, 9.17) is 0 Å². The molecule has 1 heterocycles. The molecular weight excluding hydrogens is 324 g/mol. The van der Waals surface area contributed by atoms with Crippen LogP contribution in [0.1, 0.15) is 35.2 Å². The lowest BCUT2D eigenvalue weighted by Gasteiger charge is -2.26. The SMILES string of the molecule is O=S1(=O)CCC(C2CCCc3ccccc3C2Br)C1. The third-order valence-corrected chi connectivity index (χ3v) is 7.55. The van der Waals surface area contributed by atoms with Gasteiger partial charge in [-0.1, -0.05) is 40.2 Å². The van der Waals surface area contributed by atoms with E-state index in [1.165, 1.54) is 17.5 Å². The summed E-state index contributed by atoms with van der Waals surface area (Å²) in [6, 6.07) is 8.58. The van der Waals surface area contributed by atoms with Gasteiger partial charge in [0.25, 0.3) is 0 Å². The van der Waals surface area contributed by atoms with Gasteiger partial charge in [-0.15, -0.1) is 0 Å². The van der Waals surface area contributed by atoms with Crippen molar-refractivity contribution in [3.8, 4) is 0 Å². The molecular formula is C15H19BrO2S. The molecule has 0 spiro atoms. The summed E-state index contributed by atoms with van der Waals surface area (Å²) in [7, 11) is -2.78. The Morgan fingerprint density at radius 3 is 2.68 bits per heavy atom. The monoisotopic (exact) mass is 342 g/mol. The van der Waals surface area contributed by atoms with Crippen LogP contribution in [0.3, 0.4) is 0 Å². The average molecular weight is 343 g/mol. The number of aryl methyl sites for hydroxylation is 1. The fourth-order valence-corrected chi connectivity index (χ4v) is 6.61. The fraction of sp³-hybridized carbons (Fsp3) is 0.600. The number of rotatable bonds is 1. The summed E-state index contributed by atoms with van der Waals surface area (Å²) in [5.41, 5.74) is 2.79. The molecule has 2 aliphatic rings. The third kappa shape index (κ3) is 2.75. The lowest BCUT2D eigenvalue weighted by atomic mass is 9.84. The van der Waals surface area contributed by atoms with Crippen LogP contribution in [0.15, 0.2) is 24.3 Å². The van der Waals surface area contributed by atoms with E-state index in [0.29, 0.717) is 28.2 Å². The van der Waals surface area contributed by atoms with Gasteiger partial charge < -0.3 is 0 Å². The van der Waals surface area contributed by atoms with E-state index in [1.807, 2.05) is 0 Å². The molecule has 0 N–H and O–H groups in total. The van der Waals surface area contributed by atoms with Crippen molar-refractivity contribution in [1.82, 2.24) is 0 Å². The van der Waals surface area contributed by atoms with Crippen LogP contribution in [0.4, 0.5) is 0 Å². The van der Waals surface area contributed by atoms with E-state index in [0.717, 1.165) is 19.3 Å². The molecule has 0 saturated carbocycles. The standard InChI is InChI=1S/C15H19BrO2S/c16-15-13-6-2-1-4-11(13)5-3-7-14(15)12-8-9-19(17,18)10-12/h1-2,4,6,12,14-15H,3,5,7-10H2. The molecule has 1 saturated heterocycles. The molecule has 0 bridgehead atoms. The first-order chi connectivity index (χ1) is 9.07. The van der Waals surface area contributed by atoms with Gasteiger partial charge in [-0.25, -0.2) is 8.42 Å². The van der Waals surface area contributed by atoms with Crippen LogP contribution < -0.4 is 0 Å². The van der Waals surface area contributed by atoms with E-state index in [2.05, 4.69) is 40.2 Å². The highest BCUT2D eigenvalue weighted by atomic mass is 79.9. The molecule has 1 aliphatic heterocycles. The Kier molecular flexibility index (Phi) is 3.73. The van der Waals surface area contributed by atoms with Gasteiger partial charge in [0.1, 0.15) is 0 Å². The quantitative estimate of drug-likeness (QED) is 0.578. The van der Waals surface area contributed by atoms with Crippen LogP contribution in [0.2, 0.25) is 0 Å². The molecule has 1 aromatic carbocycles. The number of sulfone groups is 1. The lowest BCUT2D eigenvalue weighted by Crippen LogP contribution is -2.20. The Labute approximate surface area is 123 Å². The summed E-state index contributed by atoms with van der Waals surface area (Å²) in [4.78, 5) is 0.310. The second kappa shape index (κ2) is 5.21. The predicted octanol–water partition coefficient (Wildman–Crippen LogP) is 3.51. The van der Waals surface area contributed by atoms with Crippen LogP contribution in [0.5, 0.6) is 0 Å². The van der Waals surface area contributed by atoms with Crippen molar-refractivity contribution >= 4 is 25.8 Å². The van der Waals surface area contributed by atoms with E-state index in [1.54, 1.807) is 0 Å². The van der Waals surface area contributed by atoms with Gasteiger partial charge in [0, 0.05) is 4.83 Å². The summed E-state index contributed by atoms with van der Waals surface area (Å²) in [5, 5.41) is 0. The number of fused-ring (bicyclic) bond motifs is 1. The Bertz CT molecular complexity index is 567. The first kappa shape index (κ1) is 13.6. The fourth-order valence-electron chi connectivity index (χ4n) is 3.57. The molecule has 3 atom stereocenters. The second-order valence-electron chi connectivity index (χ2n) is 5.82. The van der Waals surface area contributed by atoms with Gasteiger partial charge >= 0.3 is 0 Å². The van der Waals surface area contributed by atoms with Gasteiger partial charge in [-0.05, 0) is 48.6 Å². The number of hydrogen-bond acceptors (Lipinski definition) is 2. The molecule has 1 aromatic rings. The van der Waals surface area contributed by atoms with E-state index >= 15 is 0 Å². The molecule has 4 heteroatoms. The number of halogens is 1. The molecule has 1 fully saturated rings. The largest absolute Gasteiger partial charge is 0.229 e. The Morgan fingerprint density at radius 1 is 1.16 bits per heavy atom. The third-order valence-electron chi connectivity index (χ3n) is 4.58. The zero-order chi connectivity index (χ0) is 13.5. The maximum Gasteiger partial charge on any atom is 0.150 e. The molecule has 0 amide bonds. The van der Waals surface area contributed by atoms with Gasteiger partial charge in [0.15, 0.2) is 9.84 Å². The zero-order valence-corrected chi connectivity index (χ0v) is 13.3. The average Bonchev–Trinajstić information content (AvgIpc) is 2.65. The van der Waals surface area contributed by atoms with Crippen LogP contribution in [0.25, 0.3) is 0 Å². The van der Waals surface area contributed by atoms with Crippen molar-refractivity contribution in [2.24, 2.45) is 11.8 Å². The molecule has 2 nitrogen and oxygen atoms in total. The van der Waals surface area contributed by atoms with Gasteiger partial charge in [0.05, 0.1) is 11.5 Å². The van der Waals surface area contributed by atoms with Crippen molar-refractivity contribution in [3.05, 3.63) is 35.4 Å². The van der Waals surface area contributed by atoms with E-state index in [9.17, 15) is 8.42 Å². The minimum atomic E-state index is -2.78. The predicted molar refractivity (Wildman–Crippen MR) is 81.3 cm³/mol. The summed E-state index contributed by atoms with van der Waals surface area (Å²) >= 11 is 3.86. The Hall–Kier alpha value is -0.350. The molecule has 0 aromatic heterocycles. The van der Waals surface area contributed by atoms with Crippen molar-refractivity contribution in [2.45, 2.75) is 30.5 Å². The molecule has 19 heavy (non-hydrogen) atoms. The molecule has 0 radical (unpaired) electrons. The number of benzene rings is 1. The first-order valence-corrected chi connectivity index (χ1v) is 9.73. The topological polar surface area (TPSA) is 34.1 Å². The molecule has 1 aliphatic carbocycles. The highest BCUT2D eigenvalue weighted by Gasteiger charge is 2.38. The molecule has 3 unspecified atom stereocenters. The van der Waals surface area contributed by atoms with Crippen molar-refractivity contribution in [3.63, 3.8) is 0 Å².